The van der Waals surface area contributed by atoms with Crippen LogP contribution in [0, 0.1) is 5.92 Å². The molecule has 0 aliphatic rings. The maximum Gasteiger partial charge on any atom is 0.374 e. The normalized spacial score (nSPS) is 11.7. The second-order valence-corrected chi connectivity index (χ2v) is 2.79. The zero-order chi connectivity index (χ0) is 11.8. The summed E-state index contributed by atoms with van der Waals surface area (Å²) in [6.45, 7) is 0.0232. The summed E-state index contributed by atoms with van der Waals surface area (Å²) >= 11 is 0. The van der Waals surface area contributed by atoms with Crippen molar-refractivity contribution >= 4 is 17.7 Å². The van der Waals surface area contributed by atoms with Gasteiger partial charge in [0.15, 0.2) is 0 Å². The minimum absolute atomic E-state index is 0.0232. The molecule has 0 saturated carbocycles. The summed E-state index contributed by atoms with van der Waals surface area (Å²) < 4.78 is 13.4. The second kappa shape index (κ2) is 6.94. The maximum absolute atomic E-state index is 11.1. The first-order chi connectivity index (χ1) is 7.06. The van der Waals surface area contributed by atoms with Crippen molar-refractivity contribution < 1.29 is 28.6 Å². The van der Waals surface area contributed by atoms with Crippen LogP contribution in [0.2, 0.25) is 0 Å². The molecule has 1 unspecified atom stereocenters. The van der Waals surface area contributed by atoms with Gasteiger partial charge in [0.25, 0.3) is 0 Å². The van der Waals surface area contributed by atoms with E-state index in [9.17, 15) is 14.4 Å². The van der Waals surface area contributed by atoms with Crippen molar-refractivity contribution in [3.8, 4) is 0 Å². The molecule has 0 aliphatic carbocycles. The quantitative estimate of drug-likeness (QED) is 0.444. The Morgan fingerprint density at radius 2 is 1.67 bits per heavy atom. The SMILES string of the molecule is COCC(CC(=O)C(=O)OC)C(=O)OC. The lowest BCUT2D eigenvalue weighted by Crippen LogP contribution is -2.27. The third kappa shape index (κ3) is 4.55. The van der Waals surface area contributed by atoms with E-state index in [1.54, 1.807) is 0 Å². The van der Waals surface area contributed by atoms with Gasteiger partial charge in [-0.3, -0.25) is 9.59 Å². The Morgan fingerprint density at radius 1 is 1.07 bits per heavy atom. The van der Waals surface area contributed by atoms with Gasteiger partial charge in [0.05, 0.1) is 26.7 Å². The van der Waals surface area contributed by atoms with E-state index in [2.05, 4.69) is 9.47 Å². The Labute approximate surface area is 87.5 Å². The van der Waals surface area contributed by atoms with Crippen LogP contribution in [0.1, 0.15) is 6.42 Å². The smallest absolute Gasteiger partial charge is 0.374 e. The van der Waals surface area contributed by atoms with Gasteiger partial charge in [0.2, 0.25) is 5.78 Å². The highest BCUT2D eigenvalue weighted by atomic mass is 16.5. The van der Waals surface area contributed by atoms with Crippen molar-refractivity contribution in [1.29, 1.82) is 0 Å². The summed E-state index contributed by atoms with van der Waals surface area (Å²) in [7, 11) is 3.69. The van der Waals surface area contributed by atoms with Crippen LogP contribution in [0.25, 0.3) is 0 Å². The number of hydrogen-bond donors (Lipinski definition) is 0. The zero-order valence-electron chi connectivity index (χ0n) is 8.94. The predicted octanol–water partition coefficient (Wildman–Crippen LogP) is -0.446. The zero-order valence-corrected chi connectivity index (χ0v) is 8.94. The van der Waals surface area contributed by atoms with Crippen molar-refractivity contribution in [2.75, 3.05) is 27.9 Å². The monoisotopic (exact) mass is 218 g/mol. The van der Waals surface area contributed by atoms with E-state index in [4.69, 9.17) is 4.74 Å². The van der Waals surface area contributed by atoms with Crippen molar-refractivity contribution in [3.63, 3.8) is 0 Å². The van der Waals surface area contributed by atoms with Gasteiger partial charge >= 0.3 is 11.9 Å². The van der Waals surface area contributed by atoms with E-state index >= 15 is 0 Å². The molecule has 6 nitrogen and oxygen atoms in total. The molecule has 0 aromatic heterocycles. The molecule has 1 atom stereocenters. The van der Waals surface area contributed by atoms with E-state index in [1.807, 2.05) is 0 Å². The Hall–Kier alpha value is -1.43. The number of Topliss-reactive ketones (excluding diaryl/α,β-unsaturated/α-hetero) is 1. The fraction of sp³-hybridized carbons (Fsp3) is 0.667. The average Bonchev–Trinajstić information content (AvgIpc) is 2.26. The van der Waals surface area contributed by atoms with Crippen molar-refractivity contribution in [1.82, 2.24) is 0 Å². The summed E-state index contributed by atoms with van der Waals surface area (Å²) in [4.78, 5) is 33.1. The fourth-order valence-electron chi connectivity index (χ4n) is 0.999. The van der Waals surface area contributed by atoms with Crippen LogP contribution in [0.3, 0.4) is 0 Å². The van der Waals surface area contributed by atoms with Crippen LogP contribution < -0.4 is 0 Å². The number of rotatable bonds is 6. The van der Waals surface area contributed by atoms with Crippen LogP contribution in [-0.2, 0) is 28.6 Å². The minimum Gasteiger partial charge on any atom is -0.469 e. The molecule has 0 amide bonds. The summed E-state index contributed by atoms with van der Waals surface area (Å²) in [5.74, 6) is -3.11. The van der Waals surface area contributed by atoms with Gasteiger partial charge in [0, 0.05) is 13.5 Å². The number of carbonyl (C=O) groups excluding carboxylic acids is 3. The molecule has 0 aliphatic heterocycles. The van der Waals surface area contributed by atoms with Gasteiger partial charge in [-0.25, -0.2) is 4.79 Å². The molecular formula is C9H14O6. The van der Waals surface area contributed by atoms with E-state index < -0.39 is 23.6 Å². The topological polar surface area (TPSA) is 78.9 Å². The molecule has 86 valence electrons. The molecule has 0 heterocycles. The van der Waals surface area contributed by atoms with E-state index in [0.717, 1.165) is 7.11 Å². The molecule has 15 heavy (non-hydrogen) atoms. The molecule has 0 fully saturated rings. The van der Waals surface area contributed by atoms with Gasteiger partial charge in [-0.05, 0) is 0 Å². The molecule has 0 radical (unpaired) electrons. The van der Waals surface area contributed by atoms with Gasteiger partial charge in [0.1, 0.15) is 0 Å². The van der Waals surface area contributed by atoms with Crippen molar-refractivity contribution in [2.45, 2.75) is 6.42 Å². The lowest BCUT2D eigenvalue weighted by molar-refractivity contribution is -0.155. The molecule has 6 heteroatoms. The van der Waals surface area contributed by atoms with Crippen LogP contribution in [0.4, 0.5) is 0 Å². The lowest BCUT2D eigenvalue weighted by atomic mass is 10.0. The van der Waals surface area contributed by atoms with Crippen molar-refractivity contribution in [3.05, 3.63) is 0 Å². The minimum atomic E-state index is -0.972. The first kappa shape index (κ1) is 13.6. The molecule has 0 bridgehead atoms. The van der Waals surface area contributed by atoms with E-state index in [0.29, 0.717) is 0 Å². The first-order valence-corrected chi connectivity index (χ1v) is 4.24. The van der Waals surface area contributed by atoms with Crippen LogP contribution in [-0.4, -0.2) is 45.7 Å². The Bertz CT molecular complexity index is 247. The summed E-state index contributed by atoms with van der Waals surface area (Å²) in [5, 5.41) is 0. The fourth-order valence-corrected chi connectivity index (χ4v) is 0.999. The summed E-state index contributed by atoms with van der Waals surface area (Å²) in [6, 6.07) is 0. The van der Waals surface area contributed by atoms with Crippen molar-refractivity contribution in [2.24, 2.45) is 5.92 Å². The number of hydrogen-bond acceptors (Lipinski definition) is 6. The average molecular weight is 218 g/mol. The first-order valence-electron chi connectivity index (χ1n) is 4.24. The predicted molar refractivity (Wildman–Crippen MR) is 49.0 cm³/mol. The molecular weight excluding hydrogens is 204 g/mol. The summed E-state index contributed by atoms with van der Waals surface area (Å²) in [5.41, 5.74) is 0. The number of ether oxygens (including phenoxy) is 3. The van der Waals surface area contributed by atoms with Crippen LogP contribution >= 0.6 is 0 Å². The highest BCUT2D eigenvalue weighted by Gasteiger charge is 2.26. The second-order valence-electron chi connectivity index (χ2n) is 2.79. The maximum atomic E-state index is 11.1. The van der Waals surface area contributed by atoms with Crippen LogP contribution in [0.5, 0.6) is 0 Å². The third-order valence-corrected chi connectivity index (χ3v) is 1.75. The number of ketones is 1. The standard InChI is InChI=1S/C9H14O6/c1-13-5-6(8(11)14-2)4-7(10)9(12)15-3/h6H,4-5H2,1-3H3. The van der Waals surface area contributed by atoms with Gasteiger partial charge in [-0.2, -0.15) is 0 Å². The van der Waals surface area contributed by atoms with E-state index in [-0.39, 0.29) is 13.0 Å². The Morgan fingerprint density at radius 3 is 2.07 bits per heavy atom. The molecule has 0 spiro atoms. The lowest BCUT2D eigenvalue weighted by Gasteiger charge is -2.11. The largest absolute Gasteiger partial charge is 0.469 e. The van der Waals surface area contributed by atoms with Gasteiger partial charge in [-0.15, -0.1) is 0 Å². The Balaban J connectivity index is 4.34. The molecule has 0 N–H and O–H groups in total. The van der Waals surface area contributed by atoms with Crippen LogP contribution in [0.15, 0.2) is 0 Å². The molecule has 0 aromatic rings. The third-order valence-electron chi connectivity index (χ3n) is 1.75. The Kier molecular flexibility index (Phi) is 6.28. The highest BCUT2D eigenvalue weighted by molar-refractivity contribution is 6.33. The van der Waals surface area contributed by atoms with Gasteiger partial charge in [-0.1, -0.05) is 0 Å². The molecule has 0 aromatic carbocycles. The highest BCUT2D eigenvalue weighted by Crippen LogP contribution is 2.07. The van der Waals surface area contributed by atoms with E-state index in [1.165, 1.54) is 14.2 Å². The molecule has 0 rings (SSSR count). The number of carbonyl (C=O) groups is 3. The number of methoxy groups -OCH3 is 3. The number of esters is 2. The molecule has 0 saturated heterocycles. The summed E-state index contributed by atoms with van der Waals surface area (Å²) in [6.07, 6.45) is -0.271. The van der Waals surface area contributed by atoms with Gasteiger partial charge < -0.3 is 14.2 Å².